The van der Waals surface area contributed by atoms with E-state index in [2.05, 4.69) is 9.91 Å². The summed E-state index contributed by atoms with van der Waals surface area (Å²) < 4.78 is 14.4. The molecule has 0 atom stereocenters. The number of ether oxygens (including phenoxy) is 3. The van der Waals surface area contributed by atoms with E-state index in [0.29, 0.717) is 0 Å². The Kier molecular flexibility index (Phi) is 9.27. The van der Waals surface area contributed by atoms with Crippen LogP contribution in [0.1, 0.15) is 0 Å². The van der Waals surface area contributed by atoms with Crippen molar-refractivity contribution in [2.45, 2.75) is 0 Å². The molecular weight excluding hydrogens is 222 g/mol. The number of carbonyl (C=O) groups is 2. The molecule has 1 amide bonds. The van der Waals surface area contributed by atoms with E-state index in [9.17, 15) is 14.5 Å². The van der Waals surface area contributed by atoms with Crippen molar-refractivity contribution in [3.8, 4) is 0 Å². The van der Waals surface area contributed by atoms with Crippen LogP contribution in [-0.2, 0) is 23.8 Å². The van der Waals surface area contributed by atoms with E-state index in [0.717, 1.165) is 0 Å². The highest BCUT2D eigenvalue weighted by molar-refractivity contribution is 5.77. The second-order valence-corrected chi connectivity index (χ2v) is 2.60. The summed E-state index contributed by atoms with van der Waals surface area (Å²) in [5, 5.41) is 10.3. The Labute approximate surface area is 91.4 Å². The van der Waals surface area contributed by atoms with E-state index in [4.69, 9.17) is 14.6 Å². The third-order valence-corrected chi connectivity index (χ3v) is 1.30. The largest absolute Gasteiger partial charge is 0.480 e. The number of rotatable bonds is 10. The van der Waals surface area contributed by atoms with Gasteiger partial charge in [-0.15, -0.1) is 4.91 Å². The third kappa shape index (κ3) is 10.7. The van der Waals surface area contributed by atoms with E-state index in [1.165, 1.54) is 0 Å². The summed E-state index contributed by atoms with van der Waals surface area (Å²) in [4.78, 5) is 30.0. The van der Waals surface area contributed by atoms with Crippen molar-refractivity contribution in [2.75, 3.05) is 39.6 Å². The first-order valence-electron chi connectivity index (χ1n) is 4.48. The third-order valence-electron chi connectivity index (χ3n) is 1.30. The zero-order chi connectivity index (χ0) is 12.2. The minimum absolute atomic E-state index is 0.153. The van der Waals surface area contributed by atoms with Crippen LogP contribution >= 0.6 is 0 Å². The molecule has 8 nitrogen and oxygen atoms in total. The normalized spacial score (nSPS) is 10.0. The lowest BCUT2D eigenvalue weighted by Gasteiger charge is -2.04. The Hall–Kier alpha value is -1.38. The molecule has 0 fully saturated rings. The Morgan fingerprint density at radius 3 is 1.94 bits per heavy atom. The number of carboxylic acids is 1. The molecule has 0 aromatic heterocycles. The number of carbonyl (C=O) groups excluding carboxylic acids is 1. The van der Waals surface area contributed by atoms with Gasteiger partial charge in [-0.1, -0.05) is 0 Å². The van der Waals surface area contributed by atoms with Crippen LogP contribution in [0.5, 0.6) is 0 Å². The van der Waals surface area contributed by atoms with Gasteiger partial charge in [-0.3, -0.25) is 4.79 Å². The molecule has 16 heavy (non-hydrogen) atoms. The Balaban J connectivity index is 3.07. The monoisotopic (exact) mass is 235 g/mol. The fourth-order valence-corrected chi connectivity index (χ4v) is 0.683. The molecule has 0 saturated carbocycles. The summed E-state index contributed by atoms with van der Waals surface area (Å²) in [6.45, 7) is 0.0577. The van der Waals surface area contributed by atoms with Crippen molar-refractivity contribution in [3.63, 3.8) is 0 Å². The second-order valence-electron chi connectivity index (χ2n) is 2.60. The van der Waals surface area contributed by atoms with Gasteiger partial charge in [-0.2, -0.15) is 0 Å². The highest BCUT2D eigenvalue weighted by atomic mass is 16.5. The molecule has 0 bridgehead atoms. The van der Waals surface area contributed by atoms with E-state index in [1.54, 1.807) is 0 Å². The van der Waals surface area contributed by atoms with Crippen molar-refractivity contribution >= 4 is 11.9 Å². The van der Waals surface area contributed by atoms with Gasteiger partial charge in [0.1, 0.15) is 13.2 Å². The maximum Gasteiger partial charge on any atom is 0.329 e. The summed E-state index contributed by atoms with van der Waals surface area (Å²) in [6, 6.07) is 0. The van der Waals surface area contributed by atoms with Gasteiger partial charge < -0.3 is 19.3 Å². The maximum atomic E-state index is 10.3. The molecule has 8 heteroatoms. The Morgan fingerprint density at radius 2 is 1.44 bits per heavy atom. The SMILES string of the molecule is O=NC(=O)COCCOCCOCC(=O)O. The van der Waals surface area contributed by atoms with Gasteiger partial charge in [0.25, 0.3) is 0 Å². The van der Waals surface area contributed by atoms with E-state index in [-0.39, 0.29) is 39.6 Å². The molecule has 0 aromatic rings. The van der Waals surface area contributed by atoms with Crippen LogP contribution in [0.15, 0.2) is 5.18 Å². The molecule has 1 N–H and O–H groups in total. The van der Waals surface area contributed by atoms with Crippen LogP contribution in [-0.4, -0.2) is 56.6 Å². The zero-order valence-corrected chi connectivity index (χ0v) is 8.59. The first-order valence-corrected chi connectivity index (χ1v) is 4.48. The summed E-state index contributed by atoms with van der Waals surface area (Å²) in [6.07, 6.45) is 0. The standard InChI is InChI=1S/C8H13NO7/c10-7(9-13)5-15-3-1-14-2-4-16-6-8(11)12/h1-6H2,(H,11,12). The van der Waals surface area contributed by atoms with E-state index in [1.807, 2.05) is 0 Å². The summed E-state index contributed by atoms with van der Waals surface area (Å²) in [7, 11) is 0. The van der Waals surface area contributed by atoms with E-state index >= 15 is 0 Å². The maximum absolute atomic E-state index is 10.3. The molecule has 0 heterocycles. The lowest BCUT2D eigenvalue weighted by molar-refractivity contribution is -0.142. The van der Waals surface area contributed by atoms with Crippen molar-refractivity contribution in [2.24, 2.45) is 5.18 Å². The number of carboxylic acid groups (broad SMARTS) is 1. The lowest BCUT2D eigenvalue weighted by Crippen LogP contribution is -2.14. The average Bonchev–Trinajstić information content (AvgIpc) is 2.26. The quantitative estimate of drug-likeness (QED) is 0.398. The first-order chi connectivity index (χ1) is 7.66. The summed E-state index contributed by atoms with van der Waals surface area (Å²) in [5.41, 5.74) is 0. The molecule has 0 aliphatic rings. The molecule has 0 unspecified atom stereocenters. The predicted octanol–water partition coefficient (Wildman–Crippen LogP) is -0.586. The van der Waals surface area contributed by atoms with Crippen LogP contribution < -0.4 is 0 Å². The minimum atomic E-state index is -1.04. The molecule has 0 saturated heterocycles. The van der Waals surface area contributed by atoms with Gasteiger partial charge in [0.2, 0.25) is 0 Å². The fraction of sp³-hybridized carbons (Fsp3) is 0.750. The second kappa shape index (κ2) is 10.1. The van der Waals surface area contributed by atoms with Crippen LogP contribution in [0.3, 0.4) is 0 Å². The highest BCUT2D eigenvalue weighted by Gasteiger charge is 1.99. The molecule has 0 aromatic carbocycles. The van der Waals surface area contributed by atoms with Crippen molar-refractivity contribution in [1.29, 1.82) is 0 Å². The smallest absolute Gasteiger partial charge is 0.329 e. The van der Waals surface area contributed by atoms with Gasteiger partial charge in [-0.25, -0.2) is 4.79 Å². The van der Waals surface area contributed by atoms with Crippen LogP contribution in [0, 0.1) is 4.91 Å². The molecule has 0 radical (unpaired) electrons. The number of aliphatic carboxylic acids is 1. The topological polar surface area (TPSA) is 111 Å². The Bertz CT molecular complexity index is 230. The van der Waals surface area contributed by atoms with Crippen molar-refractivity contribution < 1.29 is 28.9 Å². The predicted molar refractivity (Wildman–Crippen MR) is 50.9 cm³/mol. The first kappa shape index (κ1) is 14.6. The lowest BCUT2D eigenvalue weighted by atomic mass is 10.6. The molecule has 0 spiro atoms. The molecule has 0 rings (SSSR count). The Morgan fingerprint density at radius 1 is 0.938 bits per heavy atom. The van der Waals surface area contributed by atoms with Crippen LogP contribution in [0.2, 0.25) is 0 Å². The van der Waals surface area contributed by atoms with Crippen LogP contribution in [0.25, 0.3) is 0 Å². The summed E-state index contributed by atoms with van der Waals surface area (Å²) >= 11 is 0. The summed E-state index contributed by atoms with van der Waals surface area (Å²) in [5.74, 6) is -1.91. The number of hydrogen-bond donors (Lipinski definition) is 1. The number of nitrogens with zero attached hydrogens (tertiary/aromatic N) is 1. The number of amides is 1. The zero-order valence-electron chi connectivity index (χ0n) is 8.59. The van der Waals surface area contributed by atoms with Crippen molar-refractivity contribution in [3.05, 3.63) is 4.91 Å². The van der Waals surface area contributed by atoms with Gasteiger partial charge in [0.05, 0.1) is 26.4 Å². The minimum Gasteiger partial charge on any atom is -0.480 e. The molecule has 0 aliphatic heterocycles. The fourth-order valence-electron chi connectivity index (χ4n) is 0.683. The molecule has 92 valence electrons. The van der Waals surface area contributed by atoms with Gasteiger partial charge in [0.15, 0.2) is 0 Å². The van der Waals surface area contributed by atoms with Gasteiger partial charge in [-0.05, 0) is 0 Å². The van der Waals surface area contributed by atoms with Gasteiger partial charge in [0, 0.05) is 5.18 Å². The number of hydrogen-bond acceptors (Lipinski definition) is 6. The molecule has 0 aliphatic carbocycles. The van der Waals surface area contributed by atoms with Crippen molar-refractivity contribution in [1.82, 2.24) is 0 Å². The van der Waals surface area contributed by atoms with E-state index < -0.39 is 11.9 Å². The van der Waals surface area contributed by atoms with Gasteiger partial charge >= 0.3 is 11.9 Å². The average molecular weight is 235 g/mol. The van der Waals surface area contributed by atoms with Crippen LogP contribution in [0.4, 0.5) is 0 Å². The number of nitroso groups, excluding NO2 is 1. The molecular formula is C8H13NO7. The highest BCUT2D eigenvalue weighted by Crippen LogP contribution is 1.82.